The molecule has 0 unspecified atom stereocenters. The van der Waals surface area contributed by atoms with Crippen LogP contribution in [-0.2, 0) is 17.6 Å². The molecule has 0 atom stereocenters. The summed E-state index contributed by atoms with van der Waals surface area (Å²) in [6.45, 7) is 10.9. The molecule has 0 aliphatic carbocycles. The number of nitrogens with one attached hydrogen (secondary N) is 1. The van der Waals surface area contributed by atoms with Crippen LogP contribution in [-0.4, -0.2) is 48.3 Å². The molecule has 2 aromatic heterocycles. The number of rotatable bonds is 11. The first-order valence-electron chi connectivity index (χ1n) is 14.0. The van der Waals surface area contributed by atoms with E-state index in [0.717, 1.165) is 34.4 Å². The number of hydrogen-bond donors (Lipinski definition) is 2. The lowest BCUT2D eigenvalue weighted by Crippen LogP contribution is -2.34. The second-order valence-electron chi connectivity index (χ2n) is 10.2. The first-order valence-corrected chi connectivity index (χ1v) is 14.7. The largest absolute Gasteiger partial charge is 0.474 e. The van der Waals surface area contributed by atoms with E-state index in [1.807, 2.05) is 71.0 Å². The van der Waals surface area contributed by atoms with Gasteiger partial charge in [-0.2, -0.15) is 0 Å². The van der Waals surface area contributed by atoms with Crippen molar-refractivity contribution in [2.75, 3.05) is 26.3 Å². The van der Waals surface area contributed by atoms with E-state index < -0.39 is 11.7 Å². The Kier molecular flexibility index (Phi) is 14.8. The summed E-state index contributed by atoms with van der Waals surface area (Å²) in [5.41, 5.74) is 8.52. The number of alkyl carbamates (subject to hydrolysis) is 1. The topological polar surface area (TPSA) is 135 Å². The van der Waals surface area contributed by atoms with Crippen LogP contribution >= 0.6 is 35.6 Å². The van der Waals surface area contributed by atoms with E-state index in [1.54, 1.807) is 12.1 Å². The molecular formula is C31H39Cl3N4O6. The van der Waals surface area contributed by atoms with Gasteiger partial charge in [0.05, 0.1) is 17.7 Å². The van der Waals surface area contributed by atoms with Gasteiger partial charge in [0.25, 0.3) is 11.8 Å². The standard InChI is InChI=1S/C18H23ClN2O4.C13H15ClN2O2.ClH/c1-5-14-15(12-6-8-13(19)9-7-12)25-21-16(14)23-11-10-20-17(22)24-18(2,3)4;1-2-11-12(9-3-5-10(14)6-4-9)18-16-13(11)17-8-7-15;/h6-9H,5,10-11H2,1-4H3,(H,20,22);3-6H,2,7-8,15H2,1H3;1H. The molecular weight excluding hydrogens is 631 g/mol. The Morgan fingerprint density at radius 1 is 0.818 bits per heavy atom. The van der Waals surface area contributed by atoms with Crippen LogP contribution in [0.3, 0.4) is 0 Å². The molecule has 4 rings (SSSR count). The molecule has 3 N–H and O–H groups in total. The van der Waals surface area contributed by atoms with Gasteiger partial charge in [0, 0.05) is 27.7 Å². The lowest BCUT2D eigenvalue weighted by atomic mass is 10.1. The molecule has 2 aromatic carbocycles. The van der Waals surface area contributed by atoms with E-state index in [9.17, 15) is 4.79 Å². The van der Waals surface area contributed by atoms with E-state index in [4.69, 9.17) is 52.2 Å². The summed E-state index contributed by atoms with van der Waals surface area (Å²) in [5, 5.41) is 11.9. The number of benzene rings is 2. The highest BCUT2D eigenvalue weighted by atomic mass is 35.5. The third kappa shape index (κ3) is 10.9. The van der Waals surface area contributed by atoms with Crippen molar-refractivity contribution in [2.24, 2.45) is 5.73 Å². The Balaban J connectivity index is 0.000000315. The third-order valence-corrected chi connectivity index (χ3v) is 6.29. The molecule has 0 saturated heterocycles. The molecule has 0 fully saturated rings. The van der Waals surface area contributed by atoms with Crippen molar-refractivity contribution in [3.8, 4) is 34.4 Å². The Hall–Kier alpha value is -3.44. The lowest BCUT2D eigenvalue weighted by Gasteiger charge is -2.19. The van der Waals surface area contributed by atoms with Gasteiger partial charge >= 0.3 is 6.09 Å². The predicted molar refractivity (Wildman–Crippen MR) is 174 cm³/mol. The van der Waals surface area contributed by atoms with Crippen LogP contribution in [0, 0.1) is 0 Å². The van der Waals surface area contributed by atoms with Gasteiger partial charge in [-0.3, -0.25) is 0 Å². The molecule has 240 valence electrons. The second-order valence-corrected chi connectivity index (χ2v) is 11.1. The maximum absolute atomic E-state index is 11.6. The minimum absolute atomic E-state index is 0. The molecule has 1 amide bonds. The second kappa shape index (κ2) is 17.8. The Bertz CT molecular complexity index is 1430. The smallest absolute Gasteiger partial charge is 0.407 e. The van der Waals surface area contributed by atoms with Crippen LogP contribution in [0.4, 0.5) is 4.79 Å². The monoisotopic (exact) mass is 668 g/mol. The van der Waals surface area contributed by atoms with Crippen LogP contribution < -0.4 is 20.5 Å². The molecule has 2 heterocycles. The molecule has 13 heteroatoms. The highest BCUT2D eigenvalue weighted by molar-refractivity contribution is 6.30. The fourth-order valence-corrected chi connectivity index (χ4v) is 4.12. The Labute approximate surface area is 273 Å². The number of hydrogen-bond acceptors (Lipinski definition) is 9. The van der Waals surface area contributed by atoms with E-state index in [-0.39, 0.29) is 19.0 Å². The van der Waals surface area contributed by atoms with Crippen molar-refractivity contribution in [3.63, 3.8) is 0 Å². The summed E-state index contributed by atoms with van der Waals surface area (Å²) in [5.74, 6) is 2.33. The number of aromatic nitrogens is 2. The normalized spacial score (nSPS) is 10.7. The maximum atomic E-state index is 11.6. The van der Waals surface area contributed by atoms with Gasteiger partial charge < -0.3 is 34.3 Å². The van der Waals surface area contributed by atoms with E-state index in [0.29, 0.717) is 53.7 Å². The minimum atomic E-state index is -0.528. The molecule has 0 aliphatic heterocycles. The van der Waals surface area contributed by atoms with Crippen molar-refractivity contribution in [3.05, 3.63) is 69.7 Å². The molecule has 0 bridgehead atoms. The minimum Gasteiger partial charge on any atom is -0.474 e. The van der Waals surface area contributed by atoms with Crippen molar-refractivity contribution < 1.29 is 28.1 Å². The van der Waals surface area contributed by atoms with Crippen LogP contribution in [0.5, 0.6) is 11.8 Å². The Morgan fingerprint density at radius 2 is 1.25 bits per heavy atom. The van der Waals surface area contributed by atoms with Gasteiger partial charge in [0.2, 0.25) is 0 Å². The Morgan fingerprint density at radius 3 is 1.64 bits per heavy atom. The van der Waals surface area contributed by atoms with Crippen molar-refractivity contribution >= 4 is 41.7 Å². The highest BCUT2D eigenvalue weighted by Gasteiger charge is 2.19. The summed E-state index contributed by atoms with van der Waals surface area (Å²) in [6, 6.07) is 14.8. The first kappa shape index (κ1) is 36.8. The summed E-state index contributed by atoms with van der Waals surface area (Å²) in [4.78, 5) is 11.6. The molecule has 4 aromatic rings. The van der Waals surface area contributed by atoms with Crippen molar-refractivity contribution in [1.29, 1.82) is 0 Å². The van der Waals surface area contributed by atoms with Gasteiger partial charge in [-0.25, -0.2) is 4.79 Å². The number of nitrogens with two attached hydrogens (primary N) is 1. The molecule has 0 saturated carbocycles. The number of carbonyl (C=O) groups is 1. The zero-order valence-corrected chi connectivity index (χ0v) is 27.8. The third-order valence-electron chi connectivity index (χ3n) is 5.79. The number of ether oxygens (including phenoxy) is 3. The van der Waals surface area contributed by atoms with Crippen LogP contribution in [0.1, 0.15) is 45.7 Å². The average molecular weight is 670 g/mol. The molecule has 10 nitrogen and oxygen atoms in total. The summed E-state index contributed by atoms with van der Waals surface area (Å²) >= 11 is 11.8. The lowest BCUT2D eigenvalue weighted by molar-refractivity contribution is 0.0519. The van der Waals surface area contributed by atoms with E-state index >= 15 is 0 Å². The zero-order valence-electron chi connectivity index (χ0n) is 25.4. The highest BCUT2D eigenvalue weighted by Crippen LogP contribution is 2.33. The van der Waals surface area contributed by atoms with Crippen LogP contribution in [0.15, 0.2) is 57.6 Å². The van der Waals surface area contributed by atoms with Crippen LogP contribution in [0.25, 0.3) is 22.6 Å². The maximum Gasteiger partial charge on any atom is 0.407 e. The van der Waals surface area contributed by atoms with E-state index in [2.05, 4.69) is 15.6 Å². The quantitative estimate of drug-likeness (QED) is 0.154. The van der Waals surface area contributed by atoms with Crippen molar-refractivity contribution in [1.82, 2.24) is 15.6 Å². The number of halogens is 3. The van der Waals surface area contributed by atoms with Crippen molar-refractivity contribution in [2.45, 2.75) is 53.1 Å². The summed E-state index contributed by atoms with van der Waals surface area (Å²) in [6.07, 6.45) is 1.01. The number of carbonyl (C=O) groups excluding carboxylic acids is 1. The summed E-state index contributed by atoms with van der Waals surface area (Å²) < 4.78 is 27.0. The average Bonchev–Trinajstić information content (AvgIpc) is 3.58. The molecule has 0 aliphatic rings. The van der Waals surface area contributed by atoms with Gasteiger partial charge in [-0.1, -0.05) is 37.0 Å². The molecule has 0 spiro atoms. The fraction of sp³-hybridized carbons (Fsp3) is 0.387. The van der Waals surface area contributed by atoms with E-state index in [1.165, 1.54) is 0 Å². The molecule has 0 radical (unpaired) electrons. The molecule has 44 heavy (non-hydrogen) atoms. The van der Waals surface area contributed by atoms with Crippen LogP contribution in [0.2, 0.25) is 10.0 Å². The first-order chi connectivity index (χ1) is 20.6. The number of nitrogens with zero attached hydrogens (tertiary/aromatic N) is 2. The zero-order chi connectivity index (χ0) is 31.4. The van der Waals surface area contributed by atoms with Gasteiger partial charge in [0.15, 0.2) is 11.5 Å². The fourth-order valence-electron chi connectivity index (χ4n) is 3.87. The summed E-state index contributed by atoms with van der Waals surface area (Å²) in [7, 11) is 0. The SMILES string of the molecule is CCc1c(OCCN)noc1-c1ccc(Cl)cc1.CCc1c(OCCNC(=O)OC(C)(C)C)noc1-c1ccc(Cl)cc1.Cl. The van der Waals surface area contributed by atoms with Gasteiger partial charge in [-0.05, 0) is 92.5 Å². The van der Waals surface area contributed by atoms with Gasteiger partial charge in [-0.15, -0.1) is 12.4 Å². The number of amides is 1. The predicted octanol–water partition coefficient (Wildman–Crippen LogP) is 7.78. The van der Waals surface area contributed by atoms with Gasteiger partial charge in [0.1, 0.15) is 18.8 Å².